The molecule has 0 unspecified atom stereocenters. The Labute approximate surface area is 221 Å². The molecule has 1 saturated heterocycles. The van der Waals surface area contributed by atoms with Crippen LogP contribution in [0.3, 0.4) is 0 Å². The Morgan fingerprint density at radius 2 is 1.87 bits per heavy atom. The number of amides is 1. The molecule has 1 aliphatic rings. The fraction of sp³-hybridized carbons (Fsp3) is 0.308. The number of carbonyl (C=O) groups excluding carboxylic acids is 1. The SMILES string of the molecule is CCN1CCN(Cc2ccc(C(=O)Nc3ncc(C#Cc4cnc5cccnn45)s3)cc2C(F)(F)F)CC1. The number of alkyl halides is 3. The van der Waals surface area contributed by atoms with Gasteiger partial charge in [0.15, 0.2) is 10.8 Å². The topological polar surface area (TPSA) is 78.7 Å². The second-order valence-electron chi connectivity index (χ2n) is 8.75. The van der Waals surface area contributed by atoms with Crippen molar-refractivity contribution in [3.8, 4) is 11.8 Å². The number of halogens is 3. The summed E-state index contributed by atoms with van der Waals surface area (Å²) in [6, 6.07) is 7.32. The lowest BCUT2D eigenvalue weighted by Crippen LogP contribution is -2.45. The van der Waals surface area contributed by atoms with E-state index in [4.69, 9.17) is 0 Å². The number of carbonyl (C=O) groups is 1. The van der Waals surface area contributed by atoms with Crippen molar-refractivity contribution in [1.29, 1.82) is 0 Å². The van der Waals surface area contributed by atoms with E-state index in [0.29, 0.717) is 29.3 Å². The quantitative estimate of drug-likeness (QED) is 0.387. The van der Waals surface area contributed by atoms with Crippen LogP contribution in [0.1, 0.15) is 39.0 Å². The van der Waals surface area contributed by atoms with Crippen molar-refractivity contribution >= 4 is 28.0 Å². The molecule has 0 aliphatic carbocycles. The molecule has 0 spiro atoms. The summed E-state index contributed by atoms with van der Waals surface area (Å²) in [5.74, 6) is 5.25. The number of hydrogen-bond donors (Lipinski definition) is 1. The normalized spacial score (nSPS) is 14.8. The van der Waals surface area contributed by atoms with E-state index in [1.807, 2.05) is 11.0 Å². The number of nitrogens with one attached hydrogen (secondary N) is 1. The van der Waals surface area contributed by atoms with Crippen LogP contribution >= 0.6 is 11.3 Å². The third kappa shape index (κ3) is 5.85. The number of fused-ring (bicyclic) bond motifs is 1. The van der Waals surface area contributed by atoms with Crippen molar-refractivity contribution in [2.24, 2.45) is 0 Å². The fourth-order valence-electron chi connectivity index (χ4n) is 4.22. The second-order valence-corrected chi connectivity index (χ2v) is 9.78. The van der Waals surface area contributed by atoms with Crippen molar-refractivity contribution in [2.75, 3.05) is 38.0 Å². The first-order chi connectivity index (χ1) is 18.3. The molecule has 38 heavy (non-hydrogen) atoms. The smallest absolute Gasteiger partial charge is 0.301 e. The zero-order valence-corrected chi connectivity index (χ0v) is 21.3. The number of thiazole rings is 1. The van der Waals surface area contributed by atoms with Gasteiger partial charge in [0, 0.05) is 44.5 Å². The number of nitrogens with zero attached hydrogens (tertiary/aromatic N) is 6. The highest BCUT2D eigenvalue weighted by Gasteiger charge is 2.34. The lowest BCUT2D eigenvalue weighted by molar-refractivity contribution is -0.138. The molecule has 1 fully saturated rings. The number of rotatable bonds is 5. The Hall–Kier alpha value is -3.79. The van der Waals surface area contributed by atoms with E-state index in [2.05, 4.69) is 44.0 Å². The van der Waals surface area contributed by atoms with Gasteiger partial charge >= 0.3 is 6.18 Å². The van der Waals surface area contributed by atoms with E-state index in [9.17, 15) is 18.0 Å². The summed E-state index contributed by atoms with van der Waals surface area (Å²) in [6.07, 6.45) is 0.149. The molecular formula is C26H24F3N7OS. The van der Waals surface area contributed by atoms with Crippen LogP contribution < -0.4 is 5.32 Å². The van der Waals surface area contributed by atoms with Crippen LogP contribution in [0.5, 0.6) is 0 Å². The molecular weight excluding hydrogens is 515 g/mol. The van der Waals surface area contributed by atoms with E-state index < -0.39 is 17.6 Å². The Balaban J connectivity index is 1.28. The standard InChI is InChI=1S/C26H24F3N7OS/c1-2-34-10-12-35(13-11-34)17-19-6-5-18(14-22(19)26(27,28)29)24(37)33-25-31-16-21(38-25)8-7-20-15-30-23-4-3-9-32-36(20)23/h3-6,9,14-16H,2,10-13,17H2,1H3,(H,31,33,37). The first kappa shape index (κ1) is 25.8. The van der Waals surface area contributed by atoms with Gasteiger partial charge in [-0.1, -0.05) is 24.3 Å². The van der Waals surface area contributed by atoms with Gasteiger partial charge in [0.1, 0.15) is 5.69 Å². The molecule has 1 aromatic carbocycles. The number of aromatic nitrogens is 4. The lowest BCUT2D eigenvalue weighted by atomic mass is 10.0. The number of anilines is 1. The van der Waals surface area contributed by atoms with E-state index >= 15 is 0 Å². The summed E-state index contributed by atoms with van der Waals surface area (Å²) < 4.78 is 43.3. The van der Waals surface area contributed by atoms with Gasteiger partial charge in [-0.2, -0.15) is 18.3 Å². The van der Waals surface area contributed by atoms with Gasteiger partial charge in [0.25, 0.3) is 5.91 Å². The number of hydrogen-bond acceptors (Lipinski definition) is 7. The first-order valence-electron chi connectivity index (χ1n) is 12.0. The van der Waals surface area contributed by atoms with Gasteiger partial charge in [-0.25, -0.2) is 14.5 Å². The zero-order valence-electron chi connectivity index (χ0n) is 20.5. The molecule has 0 atom stereocenters. The maximum atomic E-state index is 13.9. The van der Waals surface area contributed by atoms with Crippen LogP contribution in [0.2, 0.25) is 0 Å². The summed E-state index contributed by atoms with van der Waals surface area (Å²) in [7, 11) is 0. The highest BCUT2D eigenvalue weighted by molar-refractivity contribution is 7.16. The van der Waals surface area contributed by atoms with Crippen LogP contribution in [0.25, 0.3) is 5.65 Å². The Bertz CT molecular complexity index is 1510. The van der Waals surface area contributed by atoms with Crippen LogP contribution in [0.4, 0.5) is 18.3 Å². The monoisotopic (exact) mass is 539 g/mol. The Morgan fingerprint density at radius 3 is 2.63 bits per heavy atom. The van der Waals surface area contributed by atoms with Crippen LogP contribution in [0.15, 0.2) is 48.9 Å². The summed E-state index contributed by atoms with van der Waals surface area (Å²) >= 11 is 1.12. The first-order valence-corrected chi connectivity index (χ1v) is 12.8. The summed E-state index contributed by atoms with van der Waals surface area (Å²) in [4.78, 5) is 26.0. The van der Waals surface area contributed by atoms with Gasteiger partial charge in [0.05, 0.1) is 22.8 Å². The summed E-state index contributed by atoms with van der Waals surface area (Å²) in [5.41, 5.74) is 0.531. The van der Waals surface area contributed by atoms with Crippen molar-refractivity contribution in [1.82, 2.24) is 29.4 Å². The van der Waals surface area contributed by atoms with E-state index in [0.717, 1.165) is 37.0 Å². The van der Waals surface area contributed by atoms with Gasteiger partial charge < -0.3 is 4.90 Å². The second kappa shape index (κ2) is 10.9. The number of benzene rings is 1. The van der Waals surface area contributed by atoms with Gasteiger partial charge in [-0.15, -0.1) is 0 Å². The minimum absolute atomic E-state index is 0.0866. The molecule has 4 heterocycles. The van der Waals surface area contributed by atoms with Crippen molar-refractivity contribution in [3.63, 3.8) is 0 Å². The van der Waals surface area contributed by atoms with Crippen LogP contribution in [-0.2, 0) is 12.7 Å². The predicted molar refractivity (Wildman–Crippen MR) is 138 cm³/mol. The largest absolute Gasteiger partial charge is 0.416 e. The van der Waals surface area contributed by atoms with Gasteiger partial charge in [0.2, 0.25) is 0 Å². The van der Waals surface area contributed by atoms with E-state index in [-0.39, 0.29) is 22.8 Å². The molecule has 12 heteroatoms. The maximum Gasteiger partial charge on any atom is 0.416 e. The van der Waals surface area contributed by atoms with Gasteiger partial charge in [-0.3, -0.25) is 15.0 Å². The van der Waals surface area contributed by atoms with E-state index in [1.165, 1.54) is 18.3 Å². The van der Waals surface area contributed by atoms with Crippen LogP contribution in [0, 0.1) is 11.8 Å². The molecule has 196 valence electrons. The van der Waals surface area contributed by atoms with Gasteiger partial charge in [-0.05, 0) is 48.2 Å². The molecule has 5 rings (SSSR count). The van der Waals surface area contributed by atoms with Crippen molar-refractivity contribution in [3.05, 3.63) is 76.2 Å². The van der Waals surface area contributed by atoms with Crippen molar-refractivity contribution < 1.29 is 18.0 Å². The lowest BCUT2D eigenvalue weighted by Gasteiger charge is -2.34. The molecule has 8 nitrogen and oxygen atoms in total. The molecule has 0 radical (unpaired) electrons. The molecule has 0 saturated carbocycles. The summed E-state index contributed by atoms with van der Waals surface area (Å²) in [6.45, 7) is 6.25. The maximum absolute atomic E-state index is 13.9. The molecule has 0 bridgehead atoms. The van der Waals surface area contributed by atoms with Crippen LogP contribution in [-0.4, -0.2) is 68.0 Å². The number of piperazine rings is 1. The fourth-order valence-corrected chi connectivity index (χ4v) is 4.89. The number of imidazole rings is 1. The zero-order chi connectivity index (χ0) is 26.7. The molecule has 4 aromatic rings. The Morgan fingerprint density at radius 1 is 1.08 bits per heavy atom. The highest BCUT2D eigenvalue weighted by Crippen LogP contribution is 2.34. The summed E-state index contributed by atoms with van der Waals surface area (Å²) in [5, 5.41) is 7.02. The minimum Gasteiger partial charge on any atom is -0.301 e. The molecule has 1 N–H and O–H groups in total. The number of likely N-dealkylation sites (N-methyl/N-ethyl adjacent to an activating group) is 1. The third-order valence-electron chi connectivity index (χ3n) is 6.30. The third-order valence-corrected chi connectivity index (χ3v) is 7.13. The molecule has 1 amide bonds. The average Bonchev–Trinajstić information content (AvgIpc) is 3.54. The molecule has 1 aliphatic heterocycles. The average molecular weight is 540 g/mol. The highest BCUT2D eigenvalue weighted by atomic mass is 32.1. The minimum atomic E-state index is -4.58. The Kier molecular flexibility index (Phi) is 7.42. The predicted octanol–water partition coefficient (Wildman–Crippen LogP) is 3.99. The molecule has 3 aromatic heterocycles. The van der Waals surface area contributed by atoms with E-state index in [1.54, 1.807) is 23.0 Å². The van der Waals surface area contributed by atoms with Crippen molar-refractivity contribution in [2.45, 2.75) is 19.6 Å².